The number of ether oxygens (including phenoxy) is 6. The lowest BCUT2D eigenvalue weighted by molar-refractivity contribution is -0.107. The van der Waals surface area contributed by atoms with Crippen LogP contribution in [0.4, 0.5) is 0 Å². The third kappa shape index (κ3) is 24.5. The maximum atomic E-state index is 10.3. The van der Waals surface area contributed by atoms with Crippen molar-refractivity contribution in [3.8, 4) is 0 Å². The Labute approximate surface area is 289 Å². The van der Waals surface area contributed by atoms with Gasteiger partial charge in [0.1, 0.15) is 27.2 Å². The molecule has 0 amide bonds. The Morgan fingerprint density at radius 1 is 0.396 bits per heavy atom. The van der Waals surface area contributed by atoms with Crippen molar-refractivity contribution in [3.63, 3.8) is 0 Å². The second-order valence-corrected chi connectivity index (χ2v) is 12.3. The highest BCUT2D eigenvalue weighted by Gasteiger charge is 2.22. The van der Waals surface area contributed by atoms with Gasteiger partial charge in [0, 0.05) is 65.4 Å². The average molecular weight is 703 g/mol. The Bertz CT molecular complexity index is 687. The van der Waals surface area contributed by atoms with Crippen LogP contribution in [0, 0.1) is 0 Å². The van der Waals surface area contributed by atoms with Crippen LogP contribution in [0.2, 0.25) is 0 Å². The van der Waals surface area contributed by atoms with Gasteiger partial charge in [0.2, 0.25) is 0 Å². The van der Waals surface area contributed by atoms with E-state index in [1.54, 1.807) is 0 Å². The van der Waals surface area contributed by atoms with Crippen LogP contribution in [0.25, 0.3) is 0 Å². The molecule has 16 heteroatoms. The van der Waals surface area contributed by atoms with Crippen LogP contribution in [0.15, 0.2) is 0 Å². The van der Waals surface area contributed by atoms with Crippen molar-refractivity contribution >= 4 is 0 Å². The van der Waals surface area contributed by atoms with E-state index in [9.17, 15) is 30.6 Å². The summed E-state index contributed by atoms with van der Waals surface area (Å²) in [6.45, 7) is 15.3. The molecule has 0 aliphatic heterocycles. The molecule has 6 N–H and O–H groups in total. The predicted octanol–water partition coefficient (Wildman–Crippen LogP) is -0.896. The van der Waals surface area contributed by atoms with Gasteiger partial charge in [-0.2, -0.15) is 0 Å². The third-order valence-corrected chi connectivity index (χ3v) is 7.83. The summed E-state index contributed by atoms with van der Waals surface area (Å²) in [5.74, 6) is 0. The number of aliphatic hydroxyl groups excluding tert-OH is 6. The smallest absolute Gasteiger partial charge is 0.144 e. The van der Waals surface area contributed by atoms with Gasteiger partial charge in [-0.15, -0.1) is 0 Å². The quantitative estimate of drug-likeness (QED) is 0.0446. The molecular weight excluding hydrogens is 632 g/mol. The van der Waals surface area contributed by atoms with Crippen molar-refractivity contribution in [2.45, 2.75) is 91.0 Å². The second kappa shape index (κ2) is 31.1. The highest BCUT2D eigenvalue weighted by Crippen LogP contribution is 2.09. The molecule has 0 fully saturated rings. The molecule has 0 aromatic carbocycles. The highest BCUT2D eigenvalue weighted by molar-refractivity contribution is 4.74. The van der Waals surface area contributed by atoms with Crippen molar-refractivity contribution < 1.29 is 59.1 Å². The average Bonchev–Trinajstić information content (AvgIpc) is 3.06. The van der Waals surface area contributed by atoms with Crippen LogP contribution >= 0.6 is 0 Å². The summed E-state index contributed by atoms with van der Waals surface area (Å²) in [7, 11) is 0. The molecule has 0 aromatic rings. The van der Waals surface area contributed by atoms with Gasteiger partial charge in [0.05, 0.1) is 63.3 Å². The number of aliphatic hydroxyl groups is 6. The van der Waals surface area contributed by atoms with E-state index in [0.29, 0.717) is 84.9 Å². The summed E-state index contributed by atoms with van der Waals surface area (Å²) in [4.78, 5) is 8.04. The van der Waals surface area contributed by atoms with Crippen LogP contribution in [-0.4, -0.2) is 206 Å². The highest BCUT2D eigenvalue weighted by atomic mass is 16.6. The molecule has 0 heterocycles. The Balaban J connectivity index is 5.65. The lowest BCUT2D eigenvalue weighted by Crippen LogP contribution is -2.48. The lowest BCUT2D eigenvalue weighted by atomic mass is 10.2. The fraction of sp³-hybridized carbons (Fsp3) is 1.00. The Kier molecular flexibility index (Phi) is 30.7. The van der Waals surface area contributed by atoms with Crippen LogP contribution in [0.1, 0.15) is 54.4 Å². The van der Waals surface area contributed by atoms with Crippen LogP contribution < -0.4 is 0 Å². The summed E-state index contributed by atoms with van der Waals surface area (Å²) < 4.78 is 33.4. The van der Waals surface area contributed by atoms with Crippen LogP contribution in [0.5, 0.6) is 0 Å². The number of nitrogens with zero attached hydrogens (tertiary/aromatic N) is 4. The molecule has 0 aliphatic carbocycles. The molecule has 290 valence electrons. The van der Waals surface area contributed by atoms with E-state index in [4.69, 9.17) is 28.4 Å². The SMILES string of the molecule is CCC(CN(CCN(CO)CCN(CCN(CO)CC(COC(C)C)OCO)CC(COC(C)C)OCO)CC(CC)OCO)OCO. The Hall–Kier alpha value is -0.640. The van der Waals surface area contributed by atoms with Gasteiger partial charge >= 0.3 is 0 Å². The minimum Gasteiger partial charge on any atom is -0.381 e. The zero-order valence-corrected chi connectivity index (χ0v) is 30.5. The molecule has 0 aromatic heterocycles. The Morgan fingerprint density at radius 3 is 1.06 bits per heavy atom. The standard InChI is InChI=1S/C32H70N4O12/c1-7-29(45-23-39)15-35(16-30(8-2)46-24-40)13-12-34(21-37)11-9-33(17-31(47-25-41)19-43-27(3)4)10-14-36(22-38)18-32(48-26-42)20-44-28(5)6/h27-32,37-42H,7-26H2,1-6H3. The van der Waals surface area contributed by atoms with E-state index in [1.807, 2.05) is 51.3 Å². The molecule has 0 spiro atoms. The van der Waals surface area contributed by atoms with E-state index in [-0.39, 0.29) is 58.1 Å². The van der Waals surface area contributed by atoms with Gasteiger partial charge in [-0.1, -0.05) is 13.8 Å². The molecule has 0 bridgehead atoms. The maximum absolute atomic E-state index is 10.3. The molecule has 4 unspecified atom stereocenters. The first-order chi connectivity index (χ1) is 23.1. The second-order valence-electron chi connectivity index (χ2n) is 12.3. The molecule has 16 nitrogen and oxygen atoms in total. The van der Waals surface area contributed by atoms with Crippen LogP contribution in [0.3, 0.4) is 0 Å². The summed E-state index contributed by atoms with van der Waals surface area (Å²) >= 11 is 0. The zero-order valence-electron chi connectivity index (χ0n) is 30.5. The molecule has 0 saturated heterocycles. The third-order valence-electron chi connectivity index (χ3n) is 7.83. The largest absolute Gasteiger partial charge is 0.381 e. The summed E-state index contributed by atoms with van der Waals surface area (Å²) in [5, 5.41) is 58.0. The van der Waals surface area contributed by atoms with Crippen molar-refractivity contribution in [2.24, 2.45) is 0 Å². The van der Waals surface area contributed by atoms with Crippen molar-refractivity contribution in [1.82, 2.24) is 19.6 Å². The van der Waals surface area contributed by atoms with E-state index in [2.05, 4.69) is 9.80 Å². The Morgan fingerprint density at radius 2 is 0.708 bits per heavy atom. The first-order valence-electron chi connectivity index (χ1n) is 17.3. The summed E-state index contributed by atoms with van der Waals surface area (Å²) in [6, 6.07) is 0. The van der Waals surface area contributed by atoms with Crippen LogP contribution in [-0.2, 0) is 28.4 Å². The van der Waals surface area contributed by atoms with E-state index in [1.165, 1.54) is 0 Å². The van der Waals surface area contributed by atoms with Gasteiger partial charge in [-0.25, -0.2) is 0 Å². The van der Waals surface area contributed by atoms with Gasteiger partial charge in [-0.05, 0) is 40.5 Å². The van der Waals surface area contributed by atoms with Crippen molar-refractivity contribution in [2.75, 3.05) is 119 Å². The number of hydrogen-bond acceptors (Lipinski definition) is 16. The first kappa shape index (κ1) is 47.4. The maximum Gasteiger partial charge on any atom is 0.144 e. The first-order valence-corrected chi connectivity index (χ1v) is 17.3. The minimum absolute atomic E-state index is 0.00480. The van der Waals surface area contributed by atoms with E-state index >= 15 is 0 Å². The number of rotatable bonds is 35. The lowest BCUT2D eigenvalue weighted by Gasteiger charge is -2.34. The molecule has 0 saturated carbocycles. The summed E-state index contributed by atoms with van der Waals surface area (Å²) in [6.07, 6.45) is 0.229. The molecule has 0 rings (SSSR count). The number of hydrogen-bond donors (Lipinski definition) is 6. The predicted molar refractivity (Wildman–Crippen MR) is 181 cm³/mol. The van der Waals surface area contributed by atoms with E-state index in [0.717, 1.165) is 0 Å². The molecule has 48 heavy (non-hydrogen) atoms. The fourth-order valence-corrected chi connectivity index (χ4v) is 4.95. The van der Waals surface area contributed by atoms with Crippen molar-refractivity contribution in [3.05, 3.63) is 0 Å². The molecule has 4 atom stereocenters. The normalized spacial score (nSPS) is 15.1. The van der Waals surface area contributed by atoms with Gasteiger partial charge in [-0.3, -0.25) is 19.6 Å². The topological polar surface area (TPSA) is 190 Å². The fourth-order valence-electron chi connectivity index (χ4n) is 4.95. The van der Waals surface area contributed by atoms with Gasteiger partial charge in [0.15, 0.2) is 0 Å². The summed E-state index contributed by atoms with van der Waals surface area (Å²) in [5.41, 5.74) is 0. The monoisotopic (exact) mass is 702 g/mol. The van der Waals surface area contributed by atoms with Gasteiger partial charge < -0.3 is 59.1 Å². The zero-order chi connectivity index (χ0) is 36.2. The van der Waals surface area contributed by atoms with E-state index < -0.39 is 25.8 Å². The molecular formula is C32H70N4O12. The van der Waals surface area contributed by atoms with Gasteiger partial charge in [0.25, 0.3) is 0 Å². The minimum atomic E-state index is -0.455. The van der Waals surface area contributed by atoms with Crippen molar-refractivity contribution in [1.29, 1.82) is 0 Å². The molecule has 0 aliphatic rings. The molecule has 0 radical (unpaired) electrons.